The predicted molar refractivity (Wildman–Crippen MR) is 101 cm³/mol. The lowest BCUT2D eigenvalue weighted by Crippen LogP contribution is -2.36. The van der Waals surface area contributed by atoms with E-state index in [0.717, 1.165) is 12.0 Å². The molecular formula is C19H25ClN2O3. The summed E-state index contributed by atoms with van der Waals surface area (Å²) in [6.45, 7) is 1.72. The highest BCUT2D eigenvalue weighted by atomic mass is 35.5. The Morgan fingerprint density at radius 3 is 2.48 bits per heavy atom. The van der Waals surface area contributed by atoms with Crippen LogP contribution in [-0.2, 0) is 11.3 Å². The number of benzene rings is 2. The van der Waals surface area contributed by atoms with Gasteiger partial charge in [0.1, 0.15) is 11.5 Å². The maximum absolute atomic E-state index is 12.5. The van der Waals surface area contributed by atoms with E-state index in [1.807, 2.05) is 42.5 Å². The van der Waals surface area contributed by atoms with Gasteiger partial charge >= 0.3 is 0 Å². The van der Waals surface area contributed by atoms with Gasteiger partial charge in [-0.1, -0.05) is 36.4 Å². The molecule has 1 amide bonds. The van der Waals surface area contributed by atoms with Crippen molar-refractivity contribution in [3.05, 3.63) is 60.2 Å². The first-order valence-electron chi connectivity index (χ1n) is 8.01. The molecule has 6 heteroatoms. The smallest absolute Gasteiger partial charge is 0.260 e. The summed E-state index contributed by atoms with van der Waals surface area (Å²) in [4.78, 5) is 14.3. The molecule has 0 saturated heterocycles. The van der Waals surface area contributed by atoms with Crippen molar-refractivity contribution >= 4 is 18.3 Å². The van der Waals surface area contributed by atoms with Gasteiger partial charge in [0.15, 0.2) is 6.61 Å². The van der Waals surface area contributed by atoms with Crippen LogP contribution in [0.25, 0.3) is 0 Å². The largest absolute Gasteiger partial charge is 0.497 e. The summed E-state index contributed by atoms with van der Waals surface area (Å²) in [5.41, 5.74) is 6.67. The molecule has 0 aromatic heterocycles. The zero-order chi connectivity index (χ0) is 17.2. The molecule has 25 heavy (non-hydrogen) atoms. The standard InChI is InChI=1S/C19H24N2O3.ClH/c1-23-17-9-5-10-18(13-17)24-15-19(22)21(12-6-11-20)14-16-7-3-2-4-8-16;/h2-5,7-10,13H,6,11-12,14-15,20H2,1H3;1H. The van der Waals surface area contributed by atoms with Gasteiger partial charge in [-0.3, -0.25) is 4.79 Å². The lowest BCUT2D eigenvalue weighted by molar-refractivity contribution is -0.134. The number of amides is 1. The SMILES string of the molecule is COc1cccc(OCC(=O)N(CCCN)Cc2ccccc2)c1.Cl. The molecule has 2 rings (SSSR count). The summed E-state index contributed by atoms with van der Waals surface area (Å²) in [5, 5.41) is 0. The van der Waals surface area contributed by atoms with Crippen LogP contribution < -0.4 is 15.2 Å². The zero-order valence-electron chi connectivity index (χ0n) is 14.4. The molecule has 0 radical (unpaired) electrons. The maximum Gasteiger partial charge on any atom is 0.260 e. The number of hydrogen-bond acceptors (Lipinski definition) is 4. The van der Waals surface area contributed by atoms with Gasteiger partial charge in [-0.2, -0.15) is 0 Å². The van der Waals surface area contributed by atoms with Crippen LogP contribution in [0.2, 0.25) is 0 Å². The zero-order valence-corrected chi connectivity index (χ0v) is 15.2. The Balaban J connectivity index is 0.00000312. The maximum atomic E-state index is 12.5. The van der Waals surface area contributed by atoms with Crippen molar-refractivity contribution in [1.82, 2.24) is 4.90 Å². The Labute approximate surface area is 155 Å². The first-order chi connectivity index (χ1) is 11.7. The summed E-state index contributed by atoms with van der Waals surface area (Å²) in [6, 6.07) is 17.1. The number of rotatable bonds is 9. The molecule has 0 atom stereocenters. The molecule has 0 unspecified atom stereocenters. The summed E-state index contributed by atoms with van der Waals surface area (Å²) < 4.78 is 10.8. The summed E-state index contributed by atoms with van der Waals surface area (Å²) in [5.74, 6) is 1.25. The molecule has 2 aromatic rings. The molecule has 2 aromatic carbocycles. The van der Waals surface area contributed by atoms with Crippen molar-refractivity contribution < 1.29 is 14.3 Å². The molecule has 0 aliphatic rings. The van der Waals surface area contributed by atoms with E-state index in [2.05, 4.69) is 0 Å². The molecule has 0 spiro atoms. The van der Waals surface area contributed by atoms with Crippen molar-refractivity contribution in [1.29, 1.82) is 0 Å². The van der Waals surface area contributed by atoms with E-state index in [9.17, 15) is 4.79 Å². The Hall–Kier alpha value is -2.24. The lowest BCUT2D eigenvalue weighted by Gasteiger charge is -2.23. The van der Waals surface area contributed by atoms with Crippen LogP contribution in [0, 0.1) is 0 Å². The number of ether oxygens (including phenoxy) is 2. The number of nitrogens with two attached hydrogens (primary N) is 1. The number of methoxy groups -OCH3 is 1. The van der Waals surface area contributed by atoms with Crippen LogP contribution in [-0.4, -0.2) is 37.6 Å². The van der Waals surface area contributed by atoms with Gasteiger partial charge in [-0.25, -0.2) is 0 Å². The van der Waals surface area contributed by atoms with E-state index in [-0.39, 0.29) is 24.9 Å². The van der Waals surface area contributed by atoms with Gasteiger partial charge in [0.05, 0.1) is 7.11 Å². The van der Waals surface area contributed by atoms with E-state index in [1.54, 1.807) is 24.1 Å². The number of nitrogens with zero attached hydrogens (tertiary/aromatic N) is 1. The van der Waals surface area contributed by atoms with Crippen molar-refractivity contribution in [2.45, 2.75) is 13.0 Å². The third-order valence-corrected chi connectivity index (χ3v) is 3.60. The van der Waals surface area contributed by atoms with Crippen LogP contribution in [0.3, 0.4) is 0 Å². The van der Waals surface area contributed by atoms with E-state index in [4.69, 9.17) is 15.2 Å². The highest BCUT2D eigenvalue weighted by molar-refractivity contribution is 5.85. The van der Waals surface area contributed by atoms with Crippen molar-refractivity contribution in [2.24, 2.45) is 5.73 Å². The van der Waals surface area contributed by atoms with Gasteiger partial charge in [-0.15, -0.1) is 12.4 Å². The molecule has 0 bridgehead atoms. The Morgan fingerprint density at radius 1 is 1.08 bits per heavy atom. The molecule has 136 valence electrons. The average Bonchev–Trinajstić information content (AvgIpc) is 2.64. The fourth-order valence-electron chi connectivity index (χ4n) is 2.31. The molecule has 2 N–H and O–H groups in total. The van der Waals surface area contributed by atoms with Crippen molar-refractivity contribution in [3.8, 4) is 11.5 Å². The number of carbonyl (C=O) groups excluding carboxylic acids is 1. The van der Waals surface area contributed by atoms with Gasteiger partial charge in [0, 0.05) is 19.2 Å². The predicted octanol–water partition coefficient (Wildman–Crippen LogP) is 2.87. The van der Waals surface area contributed by atoms with E-state index >= 15 is 0 Å². The number of halogens is 1. The Bertz CT molecular complexity index is 638. The summed E-state index contributed by atoms with van der Waals surface area (Å²) in [7, 11) is 1.60. The highest BCUT2D eigenvalue weighted by Crippen LogP contribution is 2.19. The minimum absolute atomic E-state index is 0. The fraction of sp³-hybridized carbons (Fsp3) is 0.316. The molecule has 0 heterocycles. The van der Waals surface area contributed by atoms with Crippen LogP contribution >= 0.6 is 12.4 Å². The molecule has 5 nitrogen and oxygen atoms in total. The first-order valence-corrected chi connectivity index (χ1v) is 8.01. The molecule has 0 aliphatic carbocycles. The van der Waals surface area contributed by atoms with Crippen molar-refractivity contribution in [3.63, 3.8) is 0 Å². The number of carbonyl (C=O) groups is 1. The third-order valence-electron chi connectivity index (χ3n) is 3.60. The lowest BCUT2D eigenvalue weighted by atomic mass is 10.2. The van der Waals surface area contributed by atoms with E-state index in [1.165, 1.54) is 0 Å². The average molecular weight is 365 g/mol. The van der Waals surface area contributed by atoms with Gasteiger partial charge < -0.3 is 20.1 Å². The highest BCUT2D eigenvalue weighted by Gasteiger charge is 2.14. The third kappa shape index (κ3) is 7.03. The topological polar surface area (TPSA) is 64.8 Å². The normalized spacial score (nSPS) is 9.84. The van der Waals surface area contributed by atoms with Gasteiger partial charge in [0.25, 0.3) is 5.91 Å². The number of hydrogen-bond donors (Lipinski definition) is 1. The monoisotopic (exact) mass is 364 g/mol. The minimum atomic E-state index is -0.0601. The van der Waals surface area contributed by atoms with Gasteiger partial charge in [-0.05, 0) is 30.7 Å². The fourth-order valence-corrected chi connectivity index (χ4v) is 2.31. The molecular weight excluding hydrogens is 340 g/mol. The first kappa shape index (κ1) is 20.8. The molecule has 0 aliphatic heterocycles. The van der Waals surface area contributed by atoms with Gasteiger partial charge in [0.2, 0.25) is 0 Å². The van der Waals surface area contributed by atoms with Crippen molar-refractivity contribution in [2.75, 3.05) is 26.8 Å². The van der Waals surface area contributed by atoms with Crippen LogP contribution in [0.5, 0.6) is 11.5 Å². The minimum Gasteiger partial charge on any atom is -0.497 e. The second kappa shape index (κ2) is 11.3. The summed E-state index contributed by atoms with van der Waals surface area (Å²) in [6.07, 6.45) is 0.762. The van der Waals surface area contributed by atoms with E-state index in [0.29, 0.717) is 31.1 Å². The molecule has 0 saturated carbocycles. The van der Waals surface area contributed by atoms with E-state index < -0.39 is 0 Å². The second-order valence-corrected chi connectivity index (χ2v) is 5.41. The second-order valence-electron chi connectivity index (χ2n) is 5.41. The van der Waals surface area contributed by atoms with Crippen LogP contribution in [0.4, 0.5) is 0 Å². The quantitative estimate of drug-likeness (QED) is 0.743. The van der Waals surface area contributed by atoms with Crippen LogP contribution in [0.15, 0.2) is 54.6 Å². The molecule has 0 fully saturated rings. The Morgan fingerprint density at radius 2 is 1.80 bits per heavy atom. The van der Waals surface area contributed by atoms with Crippen LogP contribution in [0.1, 0.15) is 12.0 Å². The Kier molecular flexibility index (Phi) is 9.43. The summed E-state index contributed by atoms with van der Waals surface area (Å²) >= 11 is 0.